The van der Waals surface area contributed by atoms with Crippen LogP contribution in [0.2, 0.25) is 0 Å². The predicted octanol–water partition coefficient (Wildman–Crippen LogP) is 1.03. The molecule has 3 rings (SSSR count). The van der Waals surface area contributed by atoms with Crippen molar-refractivity contribution in [1.82, 2.24) is 9.13 Å². The second-order valence-electron chi connectivity index (χ2n) is 6.63. The number of benzene rings is 1. The molecule has 1 aliphatic heterocycles. The van der Waals surface area contributed by atoms with Crippen LogP contribution in [-0.2, 0) is 17.8 Å². The van der Waals surface area contributed by atoms with Crippen LogP contribution < -0.4 is 26.6 Å². The van der Waals surface area contributed by atoms with Gasteiger partial charge in [0, 0.05) is 19.6 Å². The van der Waals surface area contributed by atoms with E-state index < -0.39 is 17.1 Å². The zero-order valence-corrected chi connectivity index (χ0v) is 16.1. The van der Waals surface area contributed by atoms with E-state index >= 15 is 0 Å². The van der Waals surface area contributed by atoms with Gasteiger partial charge in [-0.15, -0.1) is 0 Å². The van der Waals surface area contributed by atoms with Crippen molar-refractivity contribution in [2.24, 2.45) is 0 Å². The quantitative estimate of drug-likeness (QED) is 0.790. The van der Waals surface area contributed by atoms with Crippen LogP contribution in [0, 0.1) is 5.82 Å². The number of morpholine rings is 1. The van der Waals surface area contributed by atoms with E-state index in [1.165, 1.54) is 23.8 Å². The van der Waals surface area contributed by atoms with Crippen molar-refractivity contribution in [1.29, 1.82) is 0 Å². The summed E-state index contributed by atoms with van der Waals surface area (Å²) >= 11 is 0. The Balaban J connectivity index is 2.11. The van der Waals surface area contributed by atoms with Gasteiger partial charge in [0.25, 0.3) is 5.56 Å². The topological polar surface area (TPSA) is 91.7 Å². The van der Waals surface area contributed by atoms with Crippen molar-refractivity contribution in [3.63, 3.8) is 0 Å². The second-order valence-corrected chi connectivity index (χ2v) is 6.63. The van der Waals surface area contributed by atoms with Crippen LogP contribution in [0.5, 0.6) is 5.75 Å². The summed E-state index contributed by atoms with van der Waals surface area (Å²) in [5.41, 5.74) is 6.02. The van der Waals surface area contributed by atoms with Crippen molar-refractivity contribution in [2.45, 2.75) is 26.4 Å². The van der Waals surface area contributed by atoms with E-state index in [0.29, 0.717) is 50.5 Å². The van der Waals surface area contributed by atoms with Crippen LogP contribution in [0.1, 0.15) is 18.9 Å². The molecule has 1 fully saturated rings. The minimum absolute atomic E-state index is 0.0556. The molecule has 2 N–H and O–H groups in total. The Morgan fingerprint density at radius 1 is 1.21 bits per heavy atom. The van der Waals surface area contributed by atoms with Gasteiger partial charge >= 0.3 is 5.69 Å². The highest BCUT2D eigenvalue weighted by atomic mass is 19.1. The summed E-state index contributed by atoms with van der Waals surface area (Å²) in [5.74, 6) is -0.285. The first-order valence-electron chi connectivity index (χ1n) is 9.26. The molecule has 9 heteroatoms. The fourth-order valence-corrected chi connectivity index (χ4v) is 3.36. The molecule has 28 heavy (non-hydrogen) atoms. The monoisotopic (exact) mass is 392 g/mol. The fraction of sp³-hybridized carbons (Fsp3) is 0.474. The van der Waals surface area contributed by atoms with E-state index in [1.807, 2.05) is 11.8 Å². The maximum absolute atomic E-state index is 14.1. The maximum Gasteiger partial charge on any atom is 0.332 e. The van der Waals surface area contributed by atoms with Gasteiger partial charge in [0.05, 0.1) is 26.9 Å². The number of rotatable bonds is 6. The molecule has 0 aliphatic carbocycles. The number of ether oxygens (including phenoxy) is 2. The standard InChI is InChI=1S/C19H25FN4O4/c1-3-6-23-17(21)16(22-7-9-28-10-8-22)18(25)24(19(23)26)12-13-4-5-15(27-2)14(20)11-13/h4-5,11H,3,6-10,12,21H2,1-2H3. The van der Waals surface area contributed by atoms with Gasteiger partial charge < -0.3 is 20.1 Å². The van der Waals surface area contributed by atoms with Gasteiger partial charge in [-0.2, -0.15) is 0 Å². The third-order valence-corrected chi connectivity index (χ3v) is 4.77. The first-order chi connectivity index (χ1) is 13.5. The molecule has 0 saturated carbocycles. The largest absolute Gasteiger partial charge is 0.494 e. The average Bonchev–Trinajstić information content (AvgIpc) is 2.69. The molecule has 0 amide bonds. The summed E-state index contributed by atoms with van der Waals surface area (Å²) in [4.78, 5) is 27.9. The Kier molecular flexibility index (Phi) is 6.03. The minimum Gasteiger partial charge on any atom is -0.494 e. The van der Waals surface area contributed by atoms with E-state index in [1.54, 1.807) is 6.07 Å². The van der Waals surface area contributed by atoms with E-state index in [9.17, 15) is 14.0 Å². The summed E-state index contributed by atoms with van der Waals surface area (Å²) in [7, 11) is 1.38. The second kappa shape index (κ2) is 8.47. The summed E-state index contributed by atoms with van der Waals surface area (Å²) in [5, 5.41) is 0. The van der Waals surface area contributed by atoms with Crippen LogP contribution in [0.25, 0.3) is 0 Å². The molecule has 0 atom stereocenters. The minimum atomic E-state index is -0.550. The molecule has 0 bridgehead atoms. The third kappa shape index (κ3) is 3.75. The Labute approximate surface area is 161 Å². The number of methoxy groups -OCH3 is 1. The van der Waals surface area contributed by atoms with Gasteiger partial charge in [-0.25, -0.2) is 9.18 Å². The molecule has 2 aromatic rings. The lowest BCUT2D eigenvalue weighted by Gasteiger charge is -2.30. The summed E-state index contributed by atoms with van der Waals surface area (Å²) < 4.78 is 26.8. The van der Waals surface area contributed by atoms with Gasteiger partial charge in [-0.3, -0.25) is 13.9 Å². The van der Waals surface area contributed by atoms with Crippen molar-refractivity contribution in [3.8, 4) is 5.75 Å². The van der Waals surface area contributed by atoms with Crippen molar-refractivity contribution in [3.05, 3.63) is 50.4 Å². The maximum atomic E-state index is 14.1. The lowest BCUT2D eigenvalue weighted by Crippen LogP contribution is -2.47. The molecule has 0 radical (unpaired) electrons. The van der Waals surface area contributed by atoms with Gasteiger partial charge in [0.1, 0.15) is 11.5 Å². The number of hydrogen-bond acceptors (Lipinski definition) is 6. The van der Waals surface area contributed by atoms with Crippen molar-refractivity contribution in [2.75, 3.05) is 44.0 Å². The Hall–Kier alpha value is -2.81. The van der Waals surface area contributed by atoms with Gasteiger partial charge in [0.15, 0.2) is 11.6 Å². The highest BCUT2D eigenvalue weighted by molar-refractivity contribution is 5.63. The summed E-state index contributed by atoms with van der Waals surface area (Å²) in [6.45, 7) is 4.25. The van der Waals surface area contributed by atoms with E-state index in [-0.39, 0.29) is 18.1 Å². The normalized spacial score (nSPS) is 14.3. The lowest BCUT2D eigenvalue weighted by molar-refractivity contribution is 0.122. The predicted molar refractivity (Wildman–Crippen MR) is 105 cm³/mol. The van der Waals surface area contributed by atoms with Crippen LogP contribution >= 0.6 is 0 Å². The van der Waals surface area contributed by atoms with Crippen molar-refractivity contribution >= 4 is 11.5 Å². The number of hydrogen-bond donors (Lipinski definition) is 1. The highest BCUT2D eigenvalue weighted by Gasteiger charge is 2.23. The number of nitrogens with two attached hydrogens (primary N) is 1. The number of nitrogens with zero attached hydrogens (tertiary/aromatic N) is 3. The number of aromatic nitrogens is 2. The molecule has 8 nitrogen and oxygen atoms in total. The van der Waals surface area contributed by atoms with Gasteiger partial charge in [-0.05, 0) is 24.1 Å². The molecule has 1 aromatic carbocycles. The zero-order valence-electron chi connectivity index (χ0n) is 16.1. The molecular formula is C19H25FN4O4. The number of nitrogen functional groups attached to an aromatic ring is 1. The highest BCUT2D eigenvalue weighted by Crippen LogP contribution is 2.20. The average molecular weight is 392 g/mol. The molecule has 1 saturated heterocycles. The van der Waals surface area contributed by atoms with Crippen molar-refractivity contribution < 1.29 is 13.9 Å². The molecule has 1 aliphatic rings. The van der Waals surface area contributed by atoms with Gasteiger partial charge in [-0.1, -0.05) is 13.0 Å². The van der Waals surface area contributed by atoms with E-state index in [2.05, 4.69) is 0 Å². The Bertz CT molecular complexity index is 964. The number of halogens is 1. The molecule has 0 spiro atoms. The van der Waals surface area contributed by atoms with Crippen LogP contribution in [0.3, 0.4) is 0 Å². The van der Waals surface area contributed by atoms with Crippen LogP contribution in [0.15, 0.2) is 27.8 Å². The summed E-state index contributed by atoms with van der Waals surface area (Å²) in [6, 6.07) is 4.36. The SMILES string of the molecule is CCCn1c(N)c(N2CCOCC2)c(=O)n(Cc2ccc(OC)c(F)c2)c1=O. The zero-order chi connectivity index (χ0) is 20.3. The van der Waals surface area contributed by atoms with Gasteiger partial charge in [0.2, 0.25) is 0 Å². The first kappa shape index (κ1) is 19.9. The molecule has 152 valence electrons. The number of anilines is 2. The Morgan fingerprint density at radius 2 is 1.93 bits per heavy atom. The summed E-state index contributed by atoms with van der Waals surface area (Å²) in [6.07, 6.45) is 0.683. The fourth-order valence-electron chi connectivity index (χ4n) is 3.36. The first-order valence-corrected chi connectivity index (χ1v) is 9.26. The molecule has 1 aromatic heterocycles. The molecule has 0 unspecified atom stereocenters. The van der Waals surface area contributed by atoms with E-state index in [0.717, 1.165) is 4.57 Å². The van der Waals surface area contributed by atoms with E-state index in [4.69, 9.17) is 15.2 Å². The Morgan fingerprint density at radius 3 is 2.54 bits per heavy atom. The molecule has 2 heterocycles. The smallest absolute Gasteiger partial charge is 0.332 e. The lowest BCUT2D eigenvalue weighted by atomic mass is 10.2. The molecular weight excluding hydrogens is 367 g/mol. The van der Waals surface area contributed by atoms with Crippen LogP contribution in [0.4, 0.5) is 15.9 Å². The third-order valence-electron chi connectivity index (χ3n) is 4.77. The van der Waals surface area contributed by atoms with Crippen LogP contribution in [-0.4, -0.2) is 42.5 Å².